The fourth-order valence-electron chi connectivity index (χ4n) is 2.92. The van der Waals surface area contributed by atoms with Gasteiger partial charge in [0.1, 0.15) is 6.61 Å². The van der Waals surface area contributed by atoms with Crippen LogP contribution in [0.3, 0.4) is 0 Å². The molecule has 2 heterocycles. The molecule has 1 unspecified atom stereocenters. The van der Waals surface area contributed by atoms with Crippen LogP contribution in [-0.2, 0) is 17.8 Å². The Labute approximate surface area is 147 Å². The lowest BCUT2D eigenvalue weighted by molar-refractivity contribution is -0.0103. The smallest absolute Gasteiger partial charge is 0.317 e. The summed E-state index contributed by atoms with van der Waals surface area (Å²) in [5.41, 5.74) is 1.22. The fourth-order valence-corrected chi connectivity index (χ4v) is 2.92. The zero-order chi connectivity index (χ0) is 17.5. The van der Waals surface area contributed by atoms with Gasteiger partial charge in [-0.25, -0.2) is 4.79 Å². The maximum atomic E-state index is 12.3. The van der Waals surface area contributed by atoms with E-state index in [0.29, 0.717) is 24.8 Å². The predicted molar refractivity (Wildman–Crippen MR) is 92.0 cm³/mol. The summed E-state index contributed by atoms with van der Waals surface area (Å²) in [6, 6.07) is 10.1. The number of likely N-dealkylation sites (tertiary alicyclic amines) is 1. The van der Waals surface area contributed by atoms with Gasteiger partial charge in [-0.3, -0.25) is 0 Å². The molecule has 7 heteroatoms. The number of piperidine rings is 1. The lowest BCUT2D eigenvalue weighted by Gasteiger charge is -2.32. The summed E-state index contributed by atoms with van der Waals surface area (Å²) in [5.74, 6) is 1.07. The zero-order valence-corrected chi connectivity index (χ0v) is 14.5. The number of carbonyl (C=O) groups excluding carboxylic acids is 1. The SMILES string of the molecule is Cc1noc(COC2CCCN(C(=O)NCCc3ccccc3)C2)n1. The van der Waals surface area contributed by atoms with E-state index >= 15 is 0 Å². The van der Waals surface area contributed by atoms with Crippen LogP contribution in [0.4, 0.5) is 4.79 Å². The van der Waals surface area contributed by atoms with E-state index in [4.69, 9.17) is 9.26 Å². The van der Waals surface area contributed by atoms with E-state index < -0.39 is 0 Å². The van der Waals surface area contributed by atoms with Crippen molar-refractivity contribution >= 4 is 6.03 Å². The summed E-state index contributed by atoms with van der Waals surface area (Å²) < 4.78 is 10.9. The number of benzene rings is 1. The molecule has 1 aliphatic rings. The van der Waals surface area contributed by atoms with Crippen molar-refractivity contribution in [2.45, 2.75) is 38.9 Å². The van der Waals surface area contributed by atoms with Crippen molar-refractivity contribution in [3.63, 3.8) is 0 Å². The summed E-state index contributed by atoms with van der Waals surface area (Å²) in [6.07, 6.45) is 2.69. The number of aryl methyl sites for hydroxylation is 1. The zero-order valence-electron chi connectivity index (χ0n) is 14.5. The Bertz CT molecular complexity index is 674. The average Bonchev–Trinajstić information content (AvgIpc) is 3.06. The number of hydrogen-bond acceptors (Lipinski definition) is 5. The molecule has 0 radical (unpaired) electrons. The van der Waals surface area contributed by atoms with Gasteiger partial charge in [0, 0.05) is 19.6 Å². The first-order valence-electron chi connectivity index (χ1n) is 8.68. The minimum atomic E-state index is -0.0298. The highest BCUT2D eigenvalue weighted by atomic mass is 16.5. The predicted octanol–water partition coefficient (Wildman–Crippen LogP) is 2.31. The van der Waals surface area contributed by atoms with Gasteiger partial charge >= 0.3 is 6.03 Å². The van der Waals surface area contributed by atoms with Crippen LogP contribution in [0, 0.1) is 6.92 Å². The molecule has 1 saturated heterocycles. The molecule has 134 valence electrons. The number of ether oxygens (including phenoxy) is 1. The summed E-state index contributed by atoms with van der Waals surface area (Å²) >= 11 is 0. The Morgan fingerprint density at radius 3 is 3.00 bits per heavy atom. The van der Waals surface area contributed by atoms with Gasteiger partial charge in [-0.15, -0.1) is 0 Å². The van der Waals surface area contributed by atoms with Gasteiger partial charge < -0.3 is 19.5 Å². The Kier molecular flexibility index (Phi) is 6.00. The first-order chi connectivity index (χ1) is 12.2. The quantitative estimate of drug-likeness (QED) is 0.870. The van der Waals surface area contributed by atoms with Crippen LogP contribution in [0.1, 0.15) is 30.1 Å². The Morgan fingerprint density at radius 2 is 2.24 bits per heavy atom. The maximum absolute atomic E-state index is 12.3. The van der Waals surface area contributed by atoms with Crippen molar-refractivity contribution < 1.29 is 14.1 Å². The van der Waals surface area contributed by atoms with Crippen LogP contribution in [0.25, 0.3) is 0 Å². The molecule has 2 aromatic rings. The Hall–Kier alpha value is -2.41. The molecule has 7 nitrogen and oxygen atoms in total. The summed E-state index contributed by atoms with van der Waals surface area (Å²) in [6.45, 7) is 4.04. The van der Waals surface area contributed by atoms with Gasteiger partial charge in [-0.2, -0.15) is 4.98 Å². The van der Waals surface area contributed by atoms with Crippen molar-refractivity contribution in [2.24, 2.45) is 0 Å². The van der Waals surface area contributed by atoms with Crippen LogP contribution in [-0.4, -0.2) is 46.8 Å². The monoisotopic (exact) mass is 344 g/mol. The molecule has 1 atom stereocenters. The number of urea groups is 1. The van der Waals surface area contributed by atoms with Crippen molar-refractivity contribution in [3.05, 3.63) is 47.6 Å². The Morgan fingerprint density at radius 1 is 1.40 bits per heavy atom. The third-order valence-electron chi connectivity index (χ3n) is 4.21. The lowest BCUT2D eigenvalue weighted by Crippen LogP contribution is -2.48. The first kappa shape index (κ1) is 17.4. The number of hydrogen-bond donors (Lipinski definition) is 1. The van der Waals surface area contributed by atoms with Crippen molar-refractivity contribution in [1.82, 2.24) is 20.4 Å². The van der Waals surface area contributed by atoms with E-state index in [-0.39, 0.29) is 18.7 Å². The fraction of sp³-hybridized carbons (Fsp3) is 0.500. The molecule has 25 heavy (non-hydrogen) atoms. The molecule has 3 rings (SSSR count). The standard InChI is InChI=1S/C18H24N4O3/c1-14-20-17(25-21-14)13-24-16-8-5-11-22(12-16)18(23)19-10-9-15-6-3-2-4-7-15/h2-4,6-7,16H,5,8-13H2,1H3,(H,19,23). The third-order valence-corrected chi connectivity index (χ3v) is 4.21. The number of carbonyl (C=O) groups is 1. The summed E-state index contributed by atoms with van der Waals surface area (Å²) in [7, 11) is 0. The van der Waals surface area contributed by atoms with Gasteiger partial charge in [-0.1, -0.05) is 35.5 Å². The van der Waals surface area contributed by atoms with E-state index in [9.17, 15) is 4.79 Å². The van der Waals surface area contributed by atoms with Crippen LogP contribution in [0.2, 0.25) is 0 Å². The highest BCUT2D eigenvalue weighted by molar-refractivity contribution is 5.74. The topological polar surface area (TPSA) is 80.5 Å². The van der Waals surface area contributed by atoms with E-state index in [1.807, 2.05) is 23.1 Å². The van der Waals surface area contributed by atoms with Gasteiger partial charge in [0.2, 0.25) is 0 Å². The van der Waals surface area contributed by atoms with E-state index in [1.54, 1.807) is 6.92 Å². The Balaban J connectivity index is 1.40. The molecule has 0 aliphatic carbocycles. The molecule has 1 aromatic carbocycles. The van der Waals surface area contributed by atoms with E-state index in [2.05, 4.69) is 27.6 Å². The lowest BCUT2D eigenvalue weighted by atomic mass is 10.1. The van der Waals surface area contributed by atoms with Crippen LogP contribution in [0.5, 0.6) is 0 Å². The van der Waals surface area contributed by atoms with E-state index in [1.165, 1.54) is 5.56 Å². The number of nitrogens with zero attached hydrogens (tertiary/aromatic N) is 3. The number of rotatable bonds is 6. The highest BCUT2D eigenvalue weighted by Gasteiger charge is 2.24. The van der Waals surface area contributed by atoms with Crippen LogP contribution >= 0.6 is 0 Å². The van der Waals surface area contributed by atoms with Gasteiger partial charge in [0.25, 0.3) is 5.89 Å². The first-order valence-corrected chi connectivity index (χ1v) is 8.68. The average molecular weight is 344 g/mol. The molecule has 2 amide bonds. The van der Waals surface area contributed by atoms with Crippen molar-refractivity contribution in [1.29, 1.82) is 0 Å². The van der Waals surface area contributed by atoms with Crippen LogP contribution in [0.15, 0.2) is 34.9 Å². The van der Waals surface area contributed by atoms with Gasteiger partial charge in [0.15, 0.2) is 5.82 Å². The molecular formula is C18H24N4O3. The van der Waals surface area contributed by atoms with Crippen molar-refractivity contribution in [3.8, 4) is 0 Å². The van der Waals surface area contributed by atoms with Gasteiger partial charge in [-0.05, 0) is 31.7 Å². The maximum Gasteiger partial charge on any atom is 0.317 e. The molecule has 1 N–H and O–H groups in total. The highest BCUT2D eigenvalue weighted by Crippen LogP contribution is 2.15. The largest absolute Gasteiger partial charge is 0.367 e. The van der Waals surface area contributed by atoms with Gasteiger partial charge in [0.05, 0.1) is 6.10 Å². The minimum absolute atomic E-state index is 0.000768. The molecule has 1 aliphatic heterocycles. The molecule has 0 bridgehead atoms. The third kappa shape index (κ3) is 5.29. The molecule has 0 spiro atoms. The number of amides is 2. The second-order valence-corrected chi connectivity index (χ2v) is 6.22. The normalized spacial score (nSPS) is 17.5. The van der Waals surface area contributed by atoms with Crippen molar-refractivity contribution in [2.75, 3.05) is 19.6 Å². The summed E-state index contributed by atoms with van der Waals surface area (Å²) in [5, 5.41) is 6.73. The minimum Gasteiger partial charge on any atom is -0.367 e. The summed E-state index contributed by atoms with van der Waals surface area (Å²) in [4.78, 5) is 18.3. The van der Waals surface area contributed by atoms with Crippen LogP contribution < -0.4 is 5.32 Å². The molecule has 1 fully saturated rings. The number of aromatic nitrogens is 2. The molecule has 1 aromatic heterocycles. The van der Waals surface area contributed by atoms with E-state index in [0.717, 1.165) is 25.8 Å². The number of nitrogens with one attached hydrogen (secondary N) is 1. The second-order valence-electron chi connectivity index (χ2n) is 6.22. The second kappa shape index (κ2) is 8.62. The molecule has 0 saturated carbocycles. The molecular weight excluding hydrogens is 320 g/mol.